The van der Waals surface area contributed by atoms with Crippen molar-refractivity contribution in [3.05, 3.63) is 30.3 Å². The van der Waals surface area contributed by atoms with E-state index in [0.717, 1.165) is 18.5 Å². The lowest BCUT2D eigenvalue weighted by molar-refractivity contribution is -0.143. The summed E-state index contributed by atoms with van der Waals surface area (Å²) in [6.07, 6.45) is 0.0850. The number of aliphatic hydroxyl groups is 1. The van der Waals surface area contributed by atoms with E-state index in [9.17, 15) is 34.2 Å². The summed E-state index contributed by atoms with van der Waals surface area (Å²) in [5.41, 5.74) is -0.827. The van der Waals surface area contributed by atoms with Gasteiger partial charge in [-0.05, 0) is 43.2 Å². The van der Waals surface area contributed by atoms with Gasteiger partial charge in [0, 0.05) is 36.7 Å². The minimum absolute atomic E-state index is 0.0384. The fourth-order valence-corrected chi connectivity index (χ4v) is 6.04. The van der Waals surface area contributed by atoms with E-state index in [2.05, 4.69) is 16.0 Å². The van der Waals surface area contributed by atoms with Crippen molar-refractivity contribution in [2.75, 3.05) is 18.0 Å². The van der Waals surface area contributed by atoms with Gasteiger partial charge >= 0.3 is 6.09 Å². The molecule has 5 amide bonds. The molecule has 2 saturated heterocycles. The van der Waals surface area contributed by atoms with Crippen LogP contribution in [0.2, 0.25) is 0 Å². The second-order valence-corrected chi connectivity index (χ2v) is 13.1. The van der Waals surface area contributed by atoms with Crippen molar-refractivity contribution in [1.82, 2.24) is 20.9 Å². The van der Waals surface area contributed by atoms with Crippen LogP contribution in [-0.2, 0) is 19.2 Å². The number of likely N-dealkylation sites (tertiary alicyclic amines) is 1. The Bertz CT molecular complexity index is 1200. The molecule has 2 aliphatic heterocycles. The summed E-state index contributed by atoms with van der Waals surface area (Å²) >= 11 is 0. The van der Waals surface area contributed by atoms with Crippen molar-refractivity contribution in [1.29, 1.82) is 0 Å². The number of benzene rings is 1. The highest BCUT2D eigenvalue weighted by atomic mass is 16.4. The van der Waals surface area contributed by atoms with Gasteiger partial charge in [0.2, 0.25) is 17.7 Å². The van der Waals surface area contributed by atoms with Crippen LogP contribution in [0.4, 0.5) is 10.5 Å². The normalized spacial score (nSPS) is 24.3. The van der Waals surface area contributed by atoms with Crippen LogP contribution in [0.5, 0.6) is 0 Å². The molecule has 1 aromatic rings. The van der Waals surface area contributed by atoms with Gasteiger partial charge in [-0.15, -0.1) is 0 Å². The second-order valence-electron chi connectivity index (χ2n) is 13.1. The number of para-hydroxylation sites is 1. The summed E-state index contributed by atoms with van der Waals surface area (Å²) in [5, 5.41) is 28.2. The van der Waals surface area contributed by atoms with Crippen molar-refractivity contribution >= 4 is 35.4 Å². The predicted molar refractivity (Wildman–Crippen MR) is 154 cm³/mol. The molecule has 3 fully saturated rings. The van der Waals surface area contributed by atoms with Crippen LogP contribution in [0.1, 0.15) is 66.2 Å². The molecule has 0 bridgehead atoms. The Morgan fingerprint density at radius 2 is 1.74 bits per heavy atom. The first kappa shape index (κ1) is 31.3. The number of rotatable bonds is 10. The molecular formula is C30H43N5O7. The molecule has 1 saturated carbocycles. The molecule has 1 spiro atoms. The maximum atomic E-state index is 14.0. The molecule has 42 heavy (non-hydrogen) atoms. The lowest BCUT2D eigenvalue weighted by atomic mass is 9.84. The van der Waals surface area contributed by atoms with Gasteiger partial charge in [0.15, 0.2) is 6.10 Å². The summed E-state index contributed by atoms with van der Waals surface area (Å²) in [6.45, 7) is 7.44. The van der Waals surface area contributed by atoms with Crippen LogP contribution >= 0.6 is 0 Å². The first-order chi connectivity index (χ1) is 19.7. The minimum Gasteiger partial charge on any atom is -0.465 e. The highest BCUT2D eigenvalue weighted by molar-refractivity contribution is 5.98. The summed E-state index contributed by atoms with van der Waals surface area (Å²) < 4.78 is 0. The molecular weight excluding hydrogens is 542 g/mol. The second kappa shape index (κ2) is 12.3. The lowest BCUT2D eigenvalue weighted by Crippen LogP contribution is -2.59. The Labute approximate surface area is 246 Å². The third-order valence-electron chi connectivity index (χ3n) is 8.36. The number of carboxylic acid groups (broad SMARTS) is 1. The summed E-state index contributed by atoms with van der Waals surface area (Å²) in [7, 11) is 0. The van der Waals surface area contributed by atoms with Gasteiger partial charge in [0.1, 0.15) is 12.1 Å². The van der Waals surface area contributed by atoms with Crippen LogP contribution in [0, 0.1) is 10.8 Å². The van der Waals surface area contributed by atoms with Crippen molar-refractivity contribution in [3.8, 4) is 0 Å². The number of nitrogens with zero attached hydrogens (tertiary/aromatic N) is 2. The van der Waals surface area contributed by atoms with E-state index in [1.54, 1.807) is 25.7 Å². The molecule has 1 unspecified atom stereocenters. The molecule has 5 N–H and O–H groups in total. The highest BCUT2D eigenvalue weighted by Crippen LogP contribution is 2.45. The van der Waals surface area contributed by atoms with Crippen LogP contribution in [0.15, 0.2) is 30.3 Å². The first-order valence-corrected chi connectivity index (χ1v) is 14.7. The quantitative estimate of drug-likeness (QED) is 0.278. The van der Waals surface area contributed by atoms with Crippen LogP contribution in [0.3, 0.4) is 0 Å². The van der Waals surface area contributed by atoms with Crippen molar-refractivity contribution in [2.45, 2.75) is 96.5 Å². The van der Waals surface area contributed by atoms with Crippen molar-refractivity contribution in [2.24, 2.45) is 10.8 Å². The Balaban J connectivity index is 1.62. The average molecular weight is 586 g/mol. The number of hydrogen-bond donors (Lipinski definition) is 5. The Hall–Kier alpha value is -3.67. The van der Waals surface area contributed by atoms with Crippen LogP contribution in [0.25, 0.3) is 0 Å². The number of aliphatic hydroxyl groups excluding tert-OH is 1. The third-order valence-corrected chi connectivity index (χ3v) is 8.36. The zero-order valence-corrected chi connectivity index (χ0v) is 24.8. The number of nitrogens with one attached hydrogen (secondary N) is 3. The Morgan fingerprint density at radius 1 is 1.07 bits per heavy atom. The number of hydrogen-bond acceptors (Lipinski definition) is 6. The van der Waals surface area contributed by atoms with E-state index in [1.807, 2.05) is 37.3 Å². The molecule has 0 radical (unpaired) electrons. The molecule has 12 heteroatoms. The molecule has 12 nitrogen and oxygen atoms in total. The topological polar surface area (TPSA) is 168 Å². The van der Waals surface area contributed by atoms with Gasteiger partial charge in [-0.1, -0.05) is 52.3 Å². The maximum absolute atomic E-state index is 14.0. The van der Waals surface area contributed by atoms with E-state index < -0.39 is 58.9 Å². The third kappa shape index (κ3) is 7.03. The largest absolute Gasteiger partial charge is 0.465 e. The molecule has 230 valence electrons. The van der Waals surface area contributed by atoms with Crippen LogP contribution < -0.4 is 20.9 Å². The number of carbonyl (C=O) groups is 5. The molecule has 4 rings (SSSR count). The zero-order valence-electron chi connectivity index (χ0n) is 24.8. The number of carbonyl (C=O) groups excluding carboxylic acids is 4. The standard InChI is InChI=1S/C30H43N5O7/c1-5-9-20(23(37)26(39)31-18-12-13-18)32-25(38)21-14-30(15-22(36)34(16-30)19-10-7-6-8-11-19)17-35(21)27(40)24(29(2,3)4)33-28(41)42/h6-8,10-11,18,20-21,23-24,33,37H,5,9,12-17H2,1-4H3,(H,31,39)(H,32,38)(H,41,42)/t20?,21-,23-,24+,30+/m0/s1. The SMILES string of the molecule is CCCC(NC(=O)[C@@H]1C[C@]2(CC(=O)N(c3ccccc3)C2)CN1C(=O)[C@@H](NC(=O)O)C(C)(C)C)[C@H](O)C(=O)NC1CC1. The Morgan fingerprint density at radius 3 is 2.31 bits per heavy atom. The molecule has 2 heterocycles. The van der Waals surface area contributed by atoms with Gasteiger partial charge in [-0.2, -0.15) is 0 Å². The highest BCUT2D eigenvalue weighted by Gasteiger charge is 2.56. The van der Waals surface area contributed by atoms with Crippen LogP contribution in [-0.4, -0.2) is 88.2 Å². The molecule has 1 aromatic carbocycles. The minimum atomic E-state index is -1.47. The first-order valence-electron chi connectivity index (χ1n) is 14.7. The van der Waals surface area contributed by atoms with E-state index in [1.165, 1.54) is 4.90 Å². The predicted octanol–water partition coefficient (Wildman–Crippen LogP) is 1.62. The van der Waals surface area contributed by atoms with E-state index in [4.69, 9.17) is 0 Å². The Kier molecular flexibility index (Phi) is 9.15. The number of amides is 5. The monoisotopic (exact) mass is 585 g/mol. The lowest BCUT2D eigenvalue weighted by Gasteiger charge is -2.35. The molecule has 0 aromatic heterocycles. The van der Waals surface area contributed by atoms with Gasteiger partial charge in [0.25, 0.3) is 5.91 Å². The van der Waals surface area contributed by atoms with E-state index >= 15 is 0 Å². The van der Waals surface area contributed by atoms with Crippen molar-refractivity contribution in [3.63, 3.8) is 0 Å². The molecule has 5 atom stereocenters. The fraction of sp³-hybridized carbons (Fsp3) is 0.633. The average Bonchev–Trinajstić information content (AvgIpc) is 3.57. The summed E-state index contributed by atoms with van der Waals surface area (Å²) in [6, 6.07) is 6.15. The number of anilines is 1. The van der Waals surface area contributed by atoms with Gasteiger partial charge in [-0.25, -0.2) is 4.79 Å². The fourth-order valence-electron chi connectivity index (χ4n) is 6.04. The summed E-state index contributed by atoms with van der Waals surface area (Å²) in [5.74, 6) is -1.79. The van der Waals surface area contributed by atoms with Crippen molar-refractivity contribution < 1.29 is 34.2 Å². The zero-order chi connectivity index (χ0) is 30.8. The van der Waals surface area contributed by atoms with E-state index in [-0.39, 0.29) is 31.3 Å². The molecule has 3 aliphatic rings. The van der Waals surface area contributed by atoms with Gasteiger partial charge in [-0.3, -0.25) is 19.2 Å². The molecule has 1 aliphatic carbocycles. The van der Waals surface area contributed by atoms with Gasteiger partial charge < -0.3 is 36.0 Å². The van der Waals surface area contributed by atoms with Gasteiger partial charge in [0.05, 0.1) is 6.04 Å². The summed E-state index contributed by atoms with van der Waals surface area (Å²) in [4.78, 5) is 68.4. The van der Waals surface area contributed by atoms with E-state index in [0.29, 0.717) is 19.4 Å². The maximum Gasteiger partial charge on any atom is 0.405 e. The smallest absolute Gasteiger partial charge is 0.405 e.